The van der Waals surface area contributed by atoms with Crippen molar-refractivity contribution < 1.29 is 13.9 Å². The number of hydrogen-bond acceptors (Lipinski definition) is 5. The topological polar surface area (TPSA) is 91.2 Å². The van der Waals surface area contributed by atoms with Crippen molar-refractivity contribution in [2.24, 2.45) is 0 Å². The van der Waals surface area contributed by atoms with E-state index in [1.54, 1.807) is 0 Å². The zero-order chi connectivity index (χ0) is 16.6. The highest BCUT2D eigenvalue weighted by atomic mass is 35.5. The molecule has 9 heteroatoms. The summed E-state index contributed by atoms with van der Waals surface area (Å²) in [6, 6.07) is 2.38. The Morgan fingerprint density at radius 3 is 2.41 bits per heavy atom. The van der Waals surface area contributed by atoms with Crippen molar-refractivity contribution >= 4 is 52.1 Å². The molecule has 2 aromatic rings. The third-order valence-electron chi connectivity index (χ3n) is 2.84. The third-order valence-corrected chi connectivity index (χ3v) is 4.10. The fourth-order valence-electron chi connectivity index (χ4n) is 1.74. The Morgan fingerprint density at radius 1 is 1.18 bits per heavy atom. The number of halogens is 4. The molecule has 0 aliphatic rings. The van der Waals surface area contributed by atoms with Gasteiger partial charge in [-0.15, -0.1) is 0 Å². The van der Waals surface area contributed by atoms with Crippen LogP contribution in [0.25, 0.3) is 11.3 Å². The van der Waals surface area contributed by atoms with Crippen LogP contribution in [0.1, 0.15) is 10.5 Å². The molecule has 0 aliphatic heterocycles. The van der Waals surface area contributed by atoms with E-state index in [0.29, 0.717) is 0 Å². The Morgan fingerprint density at radius 2 is 1.82 bits per heavy atom. The van der Waals surface area contributed by atoms with Crippen LogP contribution >= 0.6 is 34.8 Å². The minimum atomic E-state index is -0.794. The van der Waals surface area contributed by atoms with Crippen molar-refractivity contribution in [1.29, 1.82) is 0 Å². The van der Waals surface area contributed by atoms with Crippen LogP contribution in [0.3, 0.4) is 0 Å². The standard InChI is InChI=1S/C13H9Cl3FN3O2/c1-22-13(21)12-9(15)6(18)3-7(20-12)4-2-5(17)8(14)10(16)11(4)19/h2-3H,19H2,1H3,(H2,18,20). The molecule has 0 fully saturated rings. The maximum atomic E-state index is 13.8. The first-order valence-electron chi connectivity index (χ1n) is 5.75. The summed E-state index contributed by atoms with van der Waals surface area (Å²) in [5.74, 6) is -1.58. The first-order chi connectivity index (χ1) is 10.3. The zero-order valence-electron chi connectivity index (χ0n) is 11.1. The first kappa shape index (κ1) is 16.6. The molecule has 2 rings (SSSR count). The zero-order valence-corrected chi connectivity index (χ0v) is 13.4. The minimum absolute atomic E-state index is 0.00175. The summed E-state index contributed by atoms with van der Waals surface area (Å²) >= 11 is 17.5. The summed E-state index contributed by atoms with van der Waals surface area (Å²) in [4.78, 5) is 15.7. The van der Waals surface area contributed by atoms with E-state index in [0.717, 1.165) is 13.2 Å². The lowest BCUT2D eigenvalue weighted by Gasteiger charge is -2.12. The summed E-state index contributed by atoms with van der Waals surface area (Å²) in [7, 11) is 1.16. The fraction of sp³-hybridized carbons (Fsp3) is 0.0769. The first-order valence-corrected chi connectivity index (χ1v) is 6.89. The van der Waals surface area contributed by atoms with Crippen LogP contribution in [0.15, 0.2) is 12.1 Å². The number of aromatic nitrogens is 1. The molecule has 1 heterocycles. The van der Waals surface area contributed by atoms with Crippen LogP contribution < -0.4 is 11.5 Å². The van der Waals surface area contributed by atoms with Gasteiger partial charge in [-0.3, -0.25) is 0 Å². The summed E-state index contributed by atoms with van der Waals surface area (Å²) < 4.78 is 18.3. The average molecular weight is 365 g/mol. The Bertz CT molecular complexity index is 784. The molecule has 0 atom stereocenters. The van der Waals surface area contributed by atoms with E-state index in [2.05, 4.69) is 9.72 Å². The molecule has 4 N–H and O–H groups in total. The van der Waals surface area contributed by atoms with E-state index in [9.17, 15) is 9.18 Å². The molecule has 5 nitrogen and oxygen atoms in total. The van der Waals surface area contributed by atoms with Crippen LogP contribution in [-0.2, 0) is 4.74 Å². The molecule has 22 heavy (non-hydrogen) atoms. The summed E-state index contributed by atoms with van der Waals surface area (Å²) in [5.41, 5.74) is 11.6. The minimum Gasteiger partial charge on any atom is -0.464 e. The second kappa shape index (κ2) is 6.16. The Kier molecular flexibility index (Phi) is 4.65. The number of rotatable bonds is 2. The van der Waals surface area contributed by atoms with E-state index < -0.39 is 11.8 Å². The van der Waals surface area contributed by atoms with Crippen molar-refractivity contribution in [3.05, 3.63) is 38.7 Å². The van der Waals surface area contributed by atoms with Gasteiger partial charge in [0.25, 0.3) is 0 Å². The molecule has 0 saturated carbocycles. The number of pyridine rings is 1. The molecule has 0 amide bonds. The number of carbonyl (C=O) groups excluding carboxylic acids is 1. The predicted molar refractivity (Wildman–Crippen MR) is 84.8 cm³/mol. The maximum Gasteiger partial charge on any atom is 0.358 e. The molecule has 0 spiro atoms. The van der Waals surface area contributed by atoms with Crippen LogP contribution in [-0.4, -0.2) is 18.1 Å². The van der Waals surface area contributed by atoms with Crippen molar-refractivity contribution in [1.82, 2.24) is 4.98 Å². The number of hydrogen-bond donors (Lipinski definition) is 2. The number of ether oxygens (including phenoxy) is 1. The van der Waals surface area contributed by atoms with Gasteiger partial charge < -0.3 is 16.2 Å². The van der Waals surface area contributed by atoms with Gasteiger partial charge in [0, 0.05) is 5.56 Å². The highest BCUT2D eigenvalue weighted by molar-refractivity contribution is 6.44. The maximum absolute atomic E-state index is 13.8. The molecule has 0 radical (unpaired) electrons. The summed E-state index contributed by atoms with van der Waals surface area (Å²) in [6.07, 6.45) is 0. The van der Waals surface area contributed by atoms with E-state index in [1.165, 1.54) is 6.07 Å². The van der Waals surface area contributed by atoms with Crippen LogP contribution in [0, 0.1) is 5.82 Å². The molecule has 0 unspecified atom stereocenters. The third kappa shape index (κ3) is 2.77. The van der Waals surface area contributed by atoms with Gasteiger partial charge in [0.05, 0.1) is 39.2 Å². The van der Waals surface area contributed by atoms with Crippen molar-refractivity contribution in [2.75, 3.05) is 18.6 Å². The Balaban J connectivity index is 2.74. The van der Waals surface area contributed by atoms with E-state index in [4.69, 9.17) is 46.3 Å². The van der Waals surface area contributed by atoms with Gasteiger partial charge in [-0.25, -0.2) is 14.2 Å². The highest BCUT2D eigenvalue weighted by Gasteiger charge is 2.21. The van der Waals surface area contributed by atoms with Gasteiger partial charge in [0.2, 0.25) is 0 Å². The number of nitrogen functional groups attached to an aromatic ring is 2. The number of anilines is 2. The second-order valence-corrected chi connectivity index (χ2v) is 5.33. The van der Waals surface area contributed by atoms with E-state index >= 15 is 0 Å². The highest BCUT2D eigenvalue weighted by Crippen LogP contribution is 2.39. The Labute approximate surface area is 139 Å². The van der Waals surface area contributed by atoms with Crippen LogP contribution in [0.2, 0.25) is 15.1 Å². The SMILES string of the molecule is COC(=O)c1nc(-c2cc(F)c(Cl)c(Cl)c2N)cc(N)c1Cl. The lowest BCUT2D eigenvalue weighted by atomic mass is 10.1. The monoisotopic (exact) mass is 363 g/mol. The summed E-state index contributed by atoms with van der Waals surface area (Å²) in [6.45, 7) is 0. The molecule has 0 saturated heterocycles. The lowest BCUT2D eigenvalue weighted by molar-refractivity contribution is 0.0594. The quantitative estimate of drug-likeness (QED) is 0.480. The van der Waals surface area contributed by atoms with Gasteiger partial charge in [-0.2, -0.15) is 0 Å². The molecular weight excluding hydrogens is 356 g/mol. The molecule has 0 bridgehead atoms. The number of carbonyl (C=O) groups is 1. The molecule has 1 aromatic carbocycles. The van der Waals surface area contributed by atoms with Crippen molar-refractivity contribution in [3.63, 3.8) is 0 Å². The largest absolute Gasteiger partial charge is 0.464 e. The average Bonchev–Trinajstić information content (AvgIpc) is 2.50. The van der Waals surface area contributed by atoms with E-state index in [1.807, 2.05) is 0 Å². The van der Waals surface area contributed by atoms with Gasteiger partial charge in [-0.05, 0) is 12.1 Å². The number of esters is 1. The lowest BCUT2D eigenvalue weighted by Crippen LogP contribution is -2.08. The van der Waals surface area contributed by atoms with Crippen LogP contribution in [0.5, 0.6) is 0 Å². The molecular formula is C13H9Cl3FN3O2. The normalized spacial score (nSPS) is 10.6. The fourth-order valence-corrected chi connectivity index (χ4v) is 2.26. The predicted octanol–water partition coefficient (Wildman–Crippen LogP) is 3.80. The number of benzene rings is 1. The van der Waals surface area contributed by atoms with Gasteiger partial charge >= 0.3 is 5.97 Å². The molecule has 0 aliphatic carbocycles. The van der Waals surface area contributed by atoms with Gasteiger partial charge in [0.1, 0.15) is 5.82 Å². The second-order valence-electron chi connectivity index (χ2n) is 4.20. The number of nitrogens with two attached hydrogens (primary N) is 2. The van der Waals surface area contributed by atoms with Crippen molar-refractivity contribution in [3.8, 4) is 11.3 Å². The van der Waals surface area contributed by atoms with E-state index in [-0.39, 0.29) is 43.4 Å². The van der Waals surface area contributed by atoms with Crippen LogP contribution in [0.4, 0.5) is 15.8 Å². The molecule has 1 aromatic heterocycles. The smallest absolute Gasteiger partial charge is 0.358 e. The number of nitrogens with zero attached hydrogens (tertiary/aromatic N) is 1. The number of methoxy groups -OCH3 is 1. The summed E-state index contributed by atoms with van der Waals surface area (Å²) in [5, 5.41) is -0.542. The van der Waals surface area contributed by atoms with Gasteiger partial charge in [0.15, 0.2) is 5.69 Å². The van der Waals surface area contributed by atoms with Gasteiger partial charge in [-0.1, -0.05) is 34.8 Å². The molecule has 116 valence electrons. The van der Waals surface area contributed by atoms with Crippen molar-refractivity contribution in [2.45, 2.75) is 0 Å². The Hall–Kier alpha value is -1.76.